The number of hydrogen-bond acceptors (Lipinski definition) is 3. The standard InChI is InChI=1S/C9H15NO4/c1-7(11)14-6-8-3-2-4-10(5-8)9(12)13/h8H,2-6H2,1H3,(H,12,13)/t8-/m1/s1. The van der Waals surface area contributed by atoms with Crippen LogP contribution in [0.2, 0.25) is 0 Å². The molecule has 0 aromatic heterocycles. The molecular weight excluding hydrogens is 186 g/mol. The zero-order valence-corrected chi connectivity index (χ0v) is 8.23. The van der Waals surface area contributed by atoms with Crippen molar-refractivity contribution in [2.75, 3.05) is 19.7 Å². The summed E-state index contributed by atoms with van der Waals surface area (Å²) in [6.07, 6.45) is 0.882. The molecule has 0 aromatic carbocycles. The van der Waals surface area contributed by atoms with Crippen LogP contribution in [0.4, 0.5) is 4.79 Å². The van der Waals surface area contributed by atoms with Gasteiger partial charge in [0.2, 0.25) is 0 Å². The van der Waals surface area contributed by atoms with Crippen LogP contribution < -0.4 is 0 Å². The first kappa shape index (κ1) is 10.8. The fraction of sp³-hybridized carbons (Fsp3) is 0.778. The second-order valence-corrected chi connectivity index (χ2v) is 3.54. The Bertz CT molecular complexity index is 229. The van der Waals surface area contributed by atoms with Gasteiger partial charge in [0.1, 0.15) is 0 Å². The van der Waals surface area contributed by atoms with Crippen LogP contribution in [0.25, 0.3) is 0 Å². The molecule has 0 saturated carbocycles. The van der Waals surface area contributed by atoms with Crippen LogP contribution in [0, 0.1) is 5.92 Å². The highest BCUT2D eigenvalue weighted by atomic mass is 16.5. The zero-order chi connectivity index (χ0) is 10.6. The molecule has 0 bridgehead atoms. The molecule has 0 unspecified atom stereocenters. The van der Waals surface area contributed by atoms with Gasteiger partial charge in [-0.25, -0.2) is 4.79 Å². The number of carbonyl (C=O) groups is 2. The Morgan fingerprint density at radius 1 is 1.57 bits per heavy atom. The largest absolute Gasteiger partial charge is 0.466 e. The zero-order valence-electron chi connectivity index (χ0n) is 8.23. The summed E-state index contributed by atoms with van der Waals surface area (Å²) in [7, 11) is 0. The average Bonchev–Trinajstić information content (AvgIpc) is 2.15. The molecule has 1 fully saturated rings. The minimum absolute atomic E-state index is 0.156. The molecule has 1 saturated heterocycles. The van der Waals surface area contributed by atoms with Gasteiger partial charge in [0.25, 0.3) is 0 Å². The molecule has 1 amide bonds. The summed E-state index contributed by atoms with van der Waals surface area (Å²) >= 11 is 0. The summed E-state index contributed by atoms with van der Waals surface area (Å²) in [6, 6.07) is 0. The molecule has 1 atom stereocenters. The van der Waals surface area contributed by atoms with E-state index in [2.05, 4.69) is 0 Å². The quantitative estimate of drug-likeness (QED) is 0.675. The summed E-state index contributed by atoms with van der Waals surface area (Å²) in [5, 5.41) is 8.75. The van der Waals surface area contributed by atoms with Crippen LogP contribution in [-0.2, 0) is 9.53 Å². The Morgan fingerprint density at radius 2 is 2.29 bits per heavy atom. The molecule has 0 spiro atoms. The van der Waals surface area contributed by atoms with Crippen LogP contribution in [0.5, 0.6) is 0 Å². The predicted molar refractivity (Wildman–Crippen MR) is 49.0 cm³/mol. The van der Waals surface area contributed by atoms with Gasteiger partial charge in [0.15, 0.2) is 0 Å². The lowest BCUT2D eigenvalue weighted by molar-refractivity contribution is -0.142. The fourth-order valence-corrected chi connectivity index (χ4v) is 1.61. The molecule has 1 rings (SSSR count). The number of esters is 1. The summed E-state index contributed by atoms with van der Waals surface area (Å²) in [6.45, 7) is 2.76. The van der Waals surface area contributed by atoms with E-state index < -0.39 is 6.09 Å². The summed E-state index contributed by atoms with van der Waals surface area (Å²) in [4.78, 5) is 22.6. The normalized spacial score (nSPS) is 21.8. The smallest absolute Gasteiger partial charge is 0.407 e. The first-order valence-corrected chi connectivity index (χ1v) is 4.71. The van der Waals surface area contributed by atoms with E-state index in [1.54, 1.807) is 0 Å². The van der Waals surface area contributed by atoms with Gasteiger partial charge in [-0.2, -0.15) is 0 Å². The Morgan fingerprint density at radius 3 is 2.86 bits per heavy atom. The number of likely N-dealkylation sites (tertiary alicyclic amines) is 1. The van der Waals surface area contributed by atoms with Crippen molar-refractivity contribution >= 4 is 12.1 Å². The van der Waals surface area contributed by atoms with Crippen molar-refractivity contribution in [3.63, 3.8) is 0 Å². The fourth-order valence-electron chi connectivity index (χ4n) is 1.61. The van der Waals surface area contributed by atoms with E-state index in [0.29, 0.717) is 19.7 Å². The molecule has 1 aliphatic heterocycles. The summed E-state index contributed by atoms with van der Waals surface area (Å²) in [5.41, 5.74) is 0. The molecule has 1 N–H and O–H groups in total. The van der Waals surface area contributed by atoms with E-state index in [-0.39, 0.29) is 11.9 Å². The Hall–Kier alpha value is -1.26. The van der Waals surface area contributed by atoms with Crippen LogP contribution in [0.15, 0.2) is 0 Å². The predicted octanol–water partition coefficient (Wildman–Crippen LogP) is 0.940. The SMILES string of the molecule is CC(=O)OC[C@@H]1CCCN(C(=O)O)C1. The number of rotatable bonds is 2. The average molecular weight is 201 g/mol. The van der Waals surface area contributed by atoms with Crippen LogP contribution in [0.1, 0.15) is 19.8 Å². The van der Waals surface area contributed by atoms with E-state index in [1.165, 1.54) is 11.8 Å². The maximum absolute atomic E-state index is 10.7. The Balaban J connectivity index is 2.32. The molecule has 14 heavy (non-hydrogen) atoms. The van der Waals surface area contributed by atoms with Crippen molar-refractivity contribution < 1.29 is 19.4 Å². The highest BCUT2D eigenvalue weighted by Crippen LogP contribution is 2.16. The lowest BCUT2D eigenvalue weighted by Crippen LogP contribution is -2.40. The van der Waals surface area contributed by atoms with Crippen molar-refractivity contribution in [2.45, 2.75) is 19.8 Å². The van der Waals surface area contributed by atoms with E-state index >= 15 is 0 Å². The maximum Gasteiger partial charge on any atom is 0.407 e. The lowest BCUT2D eigenvalue weighted by Gasteiger charge is -2.30. The monoisotopic (exact) mass is 201 g/mol. The van der Waals surface area contributed by atoms with Crippen LogP contribution in [-0.4, -0.2) is 41.8 Å². The second-order valence-electron chi connectivity index (χ2n) is 3.54. The Kier molecular flexibility index (Phi) is 3.73. The molecule has 5 nitrogen and oxygen atoms in total. The topological polar surface area (TPSA) is 66.8 Å². The molecule has 1 aliphatic rings. The third-order valence-electron chi connectivity index (χ3n) is 2.31. The molecule has 0 radical (unpaired) electrons. The molecule has 0 aromatic rings. The van der Waals surface area contributed by atoms with Gasteiger partial charge >= 0.3 is 12.1 Å². The van der Waals surface area contributed by atoms with Crippen LogP contribution >= 0.6 is 0 Å². The van der Waals surface area contributed by atoms with Crippen molar-refractivity contribution in [1.82, 2.24) is 4.90 Å². The van der Waals surface area contributed by atoms with E-state index in [1.807, 2.05) is 0 Å². The molecular formula is C9H15NO4. The van der Waals surface area contributed by atoms with Gasteiger partial charge in [0, 0.05) is 25.9 Å². The number of amides is 1. The van der Waals surface area contributed by atoms with Crippen LogP contribution in [0.3, 0.4) is 0 Å². The third kappa shape index (κ3) is 3.24. The summed E-state index contributed by atoms with van der Waals surface area (Å²) in [5.74, 6) is -0.152. The first-order chi connectivity index (χ1) is 6.59. The summed E-state index contributed by atoms with van der Waals surface area (Å²) < 4.78 is 4.85. The van der Waals surface area contributed by atoms with Crippen molar-refractivity contribution in [3.8, 4) is 0 Å². The van der Waals surface area contributed by atoms with E-state index in [0.717, 1.165) is 12.8 Å². The lowest BCUT2D eigenvalue weighted by atomic mass is 9.99. The number of ether oxygens (including phenoxy) is 1. The number of carbonyl (C=O) groups excluding carboxylic acids is 1. The second kappa shape index (κ2) is 4.83. The minimum Gasteiger partial charge on any atom is -0.466 e. The number of piperidine rings is 1. The van der Waals surface area contributed by atoms with Crippen molar-refractivity contribution in [3.05, 3.63) is 0 Å². The van der Waals surface area contributed by atoms with Crippen molar-refractivity contribution in [2.24, 2.45) is 5.92 Å². The minimum atomic E-state index is -0.891. The maximum atomic E-state index is 10.7. The van der Waals surface area contributed by atoms with Gasteiger partial charge in [-0.05, 0) is 12.8 Å². The first-order valence-electron chi connectivity index (χ1n) is 4.71. The van der Waals surface area contributed by atoms with Crippen molar-refractivity contribution in [1.29, 1.82) is 0 Å². The van der Waals surface area contributed by atoms with Gasteiger partial charge in [-0.1, -0.05) is 0 Å². The number of hydrogen-bond donors (Lipinski definition) is 1. The van der Waals surface area contributed by atoms with Gasteiger partial charge in [0.05, 0.1) is 6.61 Å². The third-order valence-corrected chi connectivity index (χ3v) is 2.31. The Labute approximate surface area is 82.6 Å². The number of nitrogens with zero attached hydrogens (tertiary/aromatic N) is 1. The molecule has 1 heterocycles. The molecule has 80 valence electrons. The van der Waals surface area contributed by atoms with Gasteiger partial charge < -0.3 is 14.7 Å². The molecule has 0 aliphatic carbocycles. The van der Waals surface area contributed by atoms with E-state index in [4.69, 9.17) is 9.84 Å². The van der Waals surface area contributed by atoms with E-state index in [9.17, 15) is 9.59 Å². The molecule has 5 heteroatoms. The highest BCUT2D eigenvalue weighted by molar-refractivity contribution is 5.66. The van der Waals surface area contributed by atoms with Gasteiger partial charge in [-0.15, -0.1) is 0 Å². The van der Waals surface area contributed by atoms with Gasteiger partial charge in [-0.3, -0.25) is 4.79 Å². The number of carboxylic acid groups (broad SMARTS) is 1. The highest BCUT2D eigenvalue weighted by Gasteiger charge is 2.23.